The van der Waals surface area contributed by atoms with E-state index in [9.17, 15) is 14.4 Å². The van der Waals surface area contributed by atoms with Crippen molar-refractivity contribution >= 4 is 17.7 Å². The van der Waals surface area contributed by atoms with Gasteiger partial charge in [0.2, 0.25) is 0 Å². The normalized spacial score (nSPS) is 10.9. The van der Waals surface area contributed by atoms with Gasteiger partial charge in [0.25, 0.3) is 5.91 Å². The van der Waals surface area contributed by atoms with Crippen molar-refractivity contribution < 1.29 is 18.7 Å². The molecule has 0 unspecified atom stereocenters. The second-order valence-corrected chi connectivity index (χ2v) is 7.50. The molecule has 0 bridgehead atoms. The number of nitrogens with one attached hydrogen (secondary N) is 1. The lowest BCUT2D eigenvalue weighted by molar-refractivity contribution is -0.112. The Balaban J connectivity index is 1.79. The molecule has 33 heavy (non-hydrogen) atoms. The highest BCUT2D eigenvalue weighted by atomic mass is 19.1. The smallest absolute Gasteiger partial charge is 0.266 e. The van der Waals surface area contributed by atoms with E-state index < -0.39 is 5.91 Å². The summed E-state index contributed by atoms with van der Waals surface area (Å²) in [6, 6.07) is 18.9. The van der Waals surface area contributed by atoms with Crippen molar-refractivity contribution in [2.45, 2.75) is 27.4 Å². The number of hydrogen-bond acceptors (Lipinski definition) is 4. The average molecular weight is 445 g/mol. The third kappa shape index (κ3) is 6.44. The van der Waals surface area contributed by atoms with Gasteiger partial charge in [0, 0.05) is 5.69 Å². The number of carbonyl (C=O) groups excluding carboxylic acids is 1. The summed E-state index contributed by atoms with van der Waals surface area (Å²) in [4.78, 5) is 12.7. The molecule has 6 heteroatoms. The molecule has 0 aliphatic carbocycles. The summed E-state index contributed by atoms with van der Waals surface area (Å²) in [5, 5.41) is 12.4. The van der Waals surface area contributed by atoms with Gasteiger partial charge in [-0.15, -0.1) is 0 Å². The molecule has 0 spiro atoms. The first-order valence-electron chi connectivity index (χ1n) is 10.5. The minimum atomic E-state index is -0.485. The summed E-state index contributed by atoms with van der Waals surface area (Å²) in [5.74, 6) is 0.206. The summed E-state index contributed by atoms with van der Waals surface area (Å²) in [5.41, 5.74) is 4.00. The van der Waals surface area contributed by atoms with E-state index in [1.54, 1.807) is 30.3 Å². The topological polar surface area (TPSA) is 71.3 Å². The largest absolute Gasteiger partial charge is 0.490 e. The maximum Gasteiger partial charge on any atom is 0.266 e. The van der Waals surface area contributed by atoms with Gasteiger partial charge in [-0.2, -0.15) is 5.26 Å². The van der Waals surface area contributed by atoms with Crippen molar-refractivity contribution in [1.29, 1.82) is 5.26 Å². The number of hydrogen-bond donors (Lipinski definition) is 1. The fourth-order valence-corrected chi connectivity index (χ4v) is 3.12. The third-order valence-corrected chi connectivity index (χ3v) is 4.89. The van der Waals surface area contributed by atoms with Gasteiger partial charge < -0.3 is 14.8 Å². The zero-order chi connectivity index (χ0) is 23.8. The molecule has 0 atom stereocenters. The van der Waals surface area contributed by atoms with E-state index in [2.05, 4.69) is 5.32 Å². The van der Waals surface area contributed by atoms with Crippen LogP contribution in [0.3, 0.4) is 0 Å². The molecule has 1 amide bonds. The second-order valence-electron chi connectivity index (χ2n) is 7.50. The Kier molecular flexibility index (Phi) is 7.82. The summed E-state index contributed by atoms with van der Waals surface area (Å²) >= 11 is 0. The van der Waals surface area contributed by atoms with E-state index >= 15 is 0 Å². The number of rotatable bonds is 8. The van der Waals surface area contributed by atoms with Crippen LogP contribution in [-0.2, 0) is 11.4 Å². The highest BCUT2D eigenvalue weighted by molar-refractivity contribution is 6.10. The molecular weight excluding hydrogens is 419 g/mol. The van der Waals surface area contributed by atoms with E-state index in [0.717, 1.165) is 16.7 Å². The standard InChI is InChI=1S/C27H25FN2O3/c1-4-32-26-15-21(9-12-25(26)33-17-20-7-10-23(28)11-8-20)14-22(16-29)27(31)30-24-13-18(2)5-6-19(24)3/h5-15H,4,17H2,1-3H3,(H,30,31)/b22-14+. The predicted octanol–water partition coefficient (Wildman–Crippen LogP) is 5.97. The Hall–Kier alpha value is -4.11. The Bertz CT molecular complexity index is 1210. The maximum atomic E-state index is 13.1. The lowest BCUT2D eigenvalue weighted by Crippen LogP contribution is -2.14. The van der Waals surface area contributed by atoms with E-state index in [1.165, 1.54) is 18.2 Å². The molecule has 1 N–H and O–H groups in total. The predicted molar refractivity (Wildman–Crippen MR) is 126 cm³/mol. The minimum absolute atomic E-state index is 0.0293. The number of carbonyl (C=O) groups is 1. The van der Waals surface area contributed by atoms with Crippen LogP contribution in [0.4, 0.5) is 10.1 Å². The van der Waals surface area contributed by atoms with E-state index in [0.29, 0.717) is 29.4 Å². The van der Waals surface area contributed by atoms with Crippen LogP contribution in [0.1, 0.15) is 29.2 Å². The van der Waals surface area contributed by atoms with Gasteiger partial charge in [0.05, 0.1) is 6.61 Å². The Morgan fingerprint density at radius 3 is 2.48 bits per heavy atom. The molecule has 3 aromatic carbocycles. The number of anilines is 1. The van der Waals surface area contributed by atoms with Crippen LogP contribution in [0.15, 0.2) is 66.2 Å². The molecule has 0 fully saturated rings. The van der Waals surface area contributed by atoms with Crippen molar-refractivity contribution in [3.05, 3.63) is 94.3 Å². The number of ether oxygens (including phenoxy) is 2. The first kappa shape index (κ1) is 23.6. The van der Waals surface area contributed by atoms with Crippen LogP contribution >= 0.6 is 0 Å². The zero-order valence-electron chi connectivity index (χ0n) is 18.8. The van der Waals surface area contributed by atoms with Crippen LogP contribution in [0, 0.1) is 31.0 Å². The van der Waals surface area contributed by atoms with Gasteiger partial charge in [-0.1, -0.05) is 30.3 Å². The first-order valence-corrected chi connectivity index (χ1v) is 10.5. The monoisotopic (exact) mass is 444 g/mol. The van der Waals surface area contributed by atoms with Crippen molar-refractivity contribution in [2.75, 3.05) is 11.9 Å². The third-order valence-electron chi connectivity index (χ3n) is 4.89. The number of nitrogens with zero attached hydrogens (tertiary/aromatic N) is 1. The van der Waals surface area contributed by atoms with Crippen molar-refractivity contribution in [2.24, 2.45) is 0 Å². The number of nitriles is 1. The molecule has 3 aromatic rings. The molecule has 0 saturated carbocycles. The van der Waals surface area contributed by atoms with E-state index in [1.807, 2.05) is 45.0 Å². The van der Waals surface area contributed by atoms with Crippen molar-refractivity contribution in [1.82, 2.24) is 0 Å². The average Bonchev–Trinajstić information content (AvgIpc) is 2.80. The quantitative estimate of drug-likeness (QED) is 0.343. The van der Waals surface area contributed by atoms with Gasteiger partial charge in [0.1, 0.15) is 24.1 Å². The second kappa shape index (κ2) is 11.0. The van der Waals surface area contributed by atoms with Crippen LogP contribution in [0.25, 0.3) is 6.08 Å². The molecule has 168 valence electrons. The molecule has 0 saturated heterocycles. The van der Waals surface area contributed by atoms with Crippen LogP contribution in [-0.4, -0.2) is 12.5 Å². The first-order chi connectivity index (χ1) is 15.9. The molecule has 3 rings (SSSR count). The number of amides is 1. The van der Waals surface area contributed by atoms with Gasteiger partial charge in [-0.3, -0.25) is 4.79 Å². The van der Waals surface area contributed by atoms with Gasteiger partial charge in [0.15, 0.2) is 11.5 Å². The highest BCUT2D eigenvalue weighted by Gasteiger charge is 2.13. The molecule has 0 radical (unpaired) electrons. The summed E-state index contributed by atoms with van der Waals surface area (Å²) in [6.45, 7) is 6.34. The number of aryl methyl sites for hydroxylation is 2. The van der Waals surface area contributed by atoms with Crippen LogP contribution in [0.5, 0.6) is 11.5 Å². The minimum Gasteiger partial charge on any atom is -0.490 e. The summed E-state index contributed by atoms with van der Waals surface area (Å²) in [6.07, 6.45) is 1.51. The van der Waals surface area contributed by atoms with Gasteiger partial charge in [-0.05, 0) is 79.4 Å². The molecule has 5 nitrogen and oxygen atoms in total. The zero-order valence-corrected chi connectivity index (χ0v) is 18.8. The highest BCUT2D eigenvalue weighted by Crippen LogP contribution is 2.30. The number of halogens is 1. The Morgan fingerprint density at radius 1 is 1.03 bits per heavy atom. The van der Waals surface area contributed by atoms with Gasteiger partial charge in [-0.25, -0.2) is 4.39 Å². The fraction of sp³-hybridized carbons (Fsp3) is 0.185. The lowest BCUT2D eigenvalue weighted by Gasteiger charge is -2.13. The molecule has 0 heterocycles. The van der Waals surface area contributed by atoms with Crippen LogP contribution in [0.2, 0.25) is 0 Å². The van der Waals surface area contributed by atoms with Crippen LogP contribution < -0.4 is 14.8 Å². The molecule has 0 aliphatic heterocycles. The summed E-state index contributed by atoms with van der Waals surface area (Å²) in [7, 11) is 0. The van der Waals surface area contributed by atoms with Gasteiger partial charge >= 0.3 is 0 Å². The molecule has 0 aliphatic rings. The summed E-state index contributed by atoms with van der Waals surface area (Å²) < 4.78 is 24.6. The van der Waals surface area contributed by atoms with Crippen molar-refractivity contribution in [3.8, 4) is 17.6 Å². The number of benzene rings is 3. The van der Waals surface area contributed by atoms with Crippen molar-refractivity contribution in [3.63, 3.8) is 0 Å². The Morgan fingerprint density at radius 2 is 1.79 bits per heavy atom. The fourth-order valence-electron chi connectivity index (χ4n) is 3.12. The van der Waals surface area contributed by atoms with E-state index in [4.69, 9.17) is 9.47 Å². The SMILES string of the molecule is CCOc1cc(/C=C(\C#N)C(=O)Nc2cc(C)ccc2C)ccc1OCc1ccc(F)cc1. The Labute approximate surface area is 193 Å². The maximum absolute atomic E-state index is 13.1. The lowest BCUT2D eigenvalue weighted by atomic mass is 10.1. The van der Waals surface area contributed by atoms with E-state index in [-0.39, 0.29) is 18.0 Å². The molecule has 0 aromatic heterocycles. The molecular formula is C27H25FN2O3.